The molecule has 172 valence electrons. The zero-order valence-electron chi connectivity index (χ0n) is 17.5. The Morgan fingerprint density at radius 2 is 1.04 bits per heavy atom. The summed E-state index contributed by atoms with van der Waals surface area (Å²) in [5, 5.41) is 6.43. The fraction of sp³-hybridized carbons (Fsp3) is 0.960. The standard InChI is InChI=1S/C14H30N2.C7H16.4CH4/c1-6-8-9-10-11-12-14(7-2)13(3)15-16(4)5;1-3-5-7-6-4-2;;;;/h14H,6-12H2,1-5H3;3-7H2,1-2H3;4*1H4/b15-13+;;;;;. The van der Waals surface area contributed by atoms with Gasteiger partial charge in [-0.15, -0.1) is 0 Å². The van der Waals surface area contributed by atoms with E-state index in [4.69, 9.17) is 0 Å². The lowest BCUT2D eigenvalue weighted by Crippen LogP contribution is -2.15. The van der Waals surface area contributed by atoms with E-state index >= 15 is 0 Å². The third-order valence-corrected chi connectivity index (χ3v) is 4.30. The van der Waals surface area contributed by atoms with E-state index in [0.717, 1.165) is 0 Å². The van der Waals surface area contributed by atoms with E-state index < -0.39 is 0 Å². The minimum atomic E-state index is 0. The van der Waals surface area contributed by atoms with E-state index in [2.05, 4.69) is 39.7 Å². The molecule has 0 aliphatic heterocycles. The average Bonchev–Trinajstić information content (AvgIpc) is 2.51. The monoisotopic (exact) mass is 390 g/mol. The van der Waals surface area contributed by atoms with E-state index in [0.29, 0.717) is 5.92 Å². The van der Waals surface area contributed by atoms with Crippen molar-refractivity contribution >= 4 is 5.71 Å². The van der Waals surface area contributed by atoms with Crippen LogP contribution in [0.5, 0.6) is 0 Å². The van der Waals surface area contributed by atoms with Crippen molar-refractivity contribution in [3.63, 3.8) is 0 Å². The highest BCUT2D eigenvalue weighted by Gasteiger charge is 2.09. The zero-order chi connectivity index (χ0) is 17.9. The molecular weight excluding hydrogens is 328 g/mol. The van der Waals surface area contributed by atoms with Crippen LogP contribution in [0.4, 0.5) is 0 Å². The minimum Gasteiger partial charge on any atom is -0.303 e. The van der Waals surface area contributed by atoms with Gasteiger partial charge in [-0.1, -0.05) is 122 Å². The highest BCUT2D eigenvalue weighted by atomic mass is 15.4. The van der Waals surface area contributed by atoms with Crippen molar-refractivity contribution in [2.24, 2.45) is 11.0 Å². The summed E-state index contributed by atoms with van der Waals surface area (Å²) in [6.45, 7) is 11.2. The molecule has 1 atom stereocenters. The lowest BCUT2D eigenvalue weighted by Gasteiger charge is -2.16. The van der Waals surface area contributed by atoms with Crippen LogP contribution in [0.1, 0.15) is 141 Å². The molecule has 0 heterocycles. The van der Waals surface area contributed by atoms with Crippen molar-refractivity contribution in [1.29, 1.82) is 0 Å². The molecule has 0 amide bonds. The molecule has 2 nitrogen and oxygen atoms in total. The van der Waals surface area contributed by atoms with E-state index in [1.165, 1.54) is 82.8 Å². The molecule has 0 radical (unpaired) electrons. The van der Waals surface area contributed by atoms with E-state index in [1.54, 1.807) is 0 Å². The predicted octanol–water partition coefficient (Wildman–Crippen LogP) is 9.83. The number of hydrazone groups is 1. The molecule has 2 heteroatoms. The predicted molar refractivity (Wildman–Crippen MR) is 135 cm³/mol. The highest BCUT2D eigenvalue weighted by molar-refractivity contribution is 5.84. The molecule has 0 fully saturated rings. The topological polar surface area (TPSA) is 15.6 Å². The normalized spacial score (nSPS) is 10.7. The van der Waals surface area contributed by atoms with Gasteiger partial charge in [0.25, 0.3) is 0 Å². The van der Waals surface area contributed by atoms with E-state index in [1.807, 2.05) is 19.1 Å². The van der Waals surface area contributed by atoms with Crippen molar-refractivity contribution in [1.82, 2.24) is 5.01 Å². The minimum absolute atomic E-state index is 0. The van der Waals surface area contributed by atoms with Crippen molar-refractivity contribution < 1.29 is 0 Å². The van der Waals surface area contributed by atoms with Crippen LogP contribution in [0, 0.1) is 5.92 Å². The smallest absolute Gasteiger partial charge is 0.0380 e. The summed E-state index contributed by atoms with van der Waals surface area (Å²) in [5.74, 6) is 0.684. The first-order valence-corrected chi connectivity index (χ1v) is 10.3. The van der Waals surface area contributed by atoms with Gasteiger partial charge in [-0.2, -0.15) is 5.10 Å². The molecule has 0 aromatic rings. The second-order valence-electron chi connectivity index (χ2n) is 6.96. The van der Waals surface area contributed by atoms with Crippen molar-refractivity contribution in [3.8, 4) is 0 Å². The van der Waals surface area contributed by atoms with Gasteiger partial charge in [0, 0.05) is 19.8 Å². The quantitative estimate of drug-likeness (QED) is 0.173. The zero-order valence-corrected chi connectivity index (χ0v) is 17.5. The van der Waals surface area contributed by atoms with Gasteiger partial charge in [0.2, 0.25) is 0 Å². The molecule has 0 rings (SSSR count). The van der Waals surface area contributed by atoms with Crippen LogP contribution in [0.25, 0.3) is 0 Å². The van der Waals surface area contributed by atoms with Crippen molar-refractivity contribution in [2.75, 3.05) is 14.1 Å². The van der Waals surface area contributed by atoms with Crippen LogP contribution >= 0.6 is 0 Å². The molecule has 0 saturated carbocycles. The maximum Gasteiger partial charge on any atom is 0.0380 e. The highest BCUT2D eigenvalue weighted by Crippen LogP contribution is 2.16. The third kappa shape index (κ3) is 33.5. The Hall–Kier alpha value is -0.530. The molecule has 27 heavy (non-hydrogen) atoms. The average molecular weight is 391 g/mol. The second-order valence-corrected chi connectivity index (χ2v) is 6.96. The summed E-state index contributed by atoms with van der Waals surface area (Å²) in [7, 11) is 3.99. The summed E-state index contributed by atoms with van der Waals surface area (Å²) in [6, 6.07) is 0. The number of unbranched alkanes of at least 4 members (excludes halogenated alkanes) is 8. The Kier molecular flexibility index (Phi) is 50.2. The van der Waals surface area contributed by atoms with Crippen LogP contribution < -0.4 is 0 Å². The lowest BCUT2D eigenvalue weighted by atomic mass is 9.94. The Balaban J connectivity index is -0.0000000873. The van der Waals surface area contributed by atoms with Crippen LogP contribution in [0.2, 0.25) is 0 Å². The molecule has 0 spiro atoms. The summed E-state index contributed by atoms with van der Waals surface area (Å²) < 4.78 is 0. The van der Waals surface area contributed by atoms with E-state index in [9.17, 15) is 0 Å². The summed E-state index contributed by atoms with van der Waals surface area (Å²) >= 11 is 0. The lowest BCUT2D eigenvalue weighted by molar-refractivity contribution is 0.426. The van der Waals surface area contributed by atoms with Crippen LogP contribution in [0.3, 0.4) is 0 Å². The molecule has 0 aliphatic rings. The van der Waals surface area contributed by atoms with Gasteiger partial charge >= 0.3 is 0 Å². The van der Waals surface area contributed by atoms with Gasteiger partial charge in [-0.25, -0.2) is 0 Å². The number of rotatable bonds is 13. The number of hydrogen-bond acceptors (Lipinski definition) is 2. The molecule has 0 saturated heterocycles. The first-order chi connectivity index (χ1) is 11.0. The SMILES string of the molecule is C.C.C.C.CCCCCCC.CCCCCCCC(CC)/C(C)=N/N(C)C. The van der Waals surface area contributed by atoms with Gasteiger partial charge in [0.15, 0.2) is 0 Å². The van der Waals surface area contributed by atoms with Crippen LogP contribution in [-0.4, -0.2) is 24.8 Å². The molecular formula is C25H62N2. The van der Waals surface area contributed by atoms with Crippen LogP contribution in [-0.2, 0) is 0 Å². The molecule has 0 N–H and O–H groups in total. The molecule has 0 aromatic carbocycles. The fourth-order valence-corrected chi connectivity index (χ4v) is 2.78. The maximum atomic E-state index is 4.51. The Morgan fingerprint density at radius 1 is 0.667 bits per heavy atom. The summed E-state index contributed by atoms with van der Waals surface area (Å²) in [4.78, 5) is 0. The van der Waals surface area contributed by atoms with Crippen molar-refractivity contribution in [2.45, 2.75) is 141 Å². The Bertz CT molecular complexity index is 243. The fourth-order valence-electron chi connectivity index (χ4n) is 2.78. The van der Waals surface area contributed by atoms with Gasteiger partial charge in [-0.05, 0) is 25.7 Å². The second kappa shape index (κ2) is 33.1. The number of nitrogens with zero attached hydrogens (tertiary/aromatic N) is 2. The third-order valence-electron chi connectivity index (χ3n) is 4.30. The molecule has 1 unspecified atom stereocenters. The van der Waals surface area contributed by atoms with E-state index in [-0.39, 0.29) is 29.7 Å². The van der Waals surface area contributed by atoms with Gasteiger partial charge in [0.1, 0.15) is 0 Å². The summed E-state index contributed by atoms with van der Waals surface area (Å²) in [6.07, 6.45) is 16.4. The van der Waals surface area contributed by atoms with Gasteiger partial charge in [0.05, 0.1) is 0 Å². The Labute approximate surface area is 177 Å². The maximum absolute atomic E-state index is 4.51. The Morgan fingerprint density at radius 3 is 1.37 bits per heavy atom. The number of hydrogen-bond donors (Lipinski definition) is 0. The first kappa shape index (κ1) is 41.0. The molecule has 0 bridgehead atoms. The van der Waals surface area contributed by atoms with Crippen molar-refractivity contribution in [3.05, 3.63) is 0 Å². The largest absolute Gasteiger partial charge is 0.303 e. The van der Waals surface area contributed by atoms with Gasteiger partial charge < -0.3 is 5.01 Å². The van der Waals surface area contributed by atoms with Gasteiger partial charge in [-0.3, -0.25) is 0 Å². The van der Waals surface area contributed by atoms with Crippen LogP contribution in [0.15, 0.2) is 5.10 Å². The molecule has 0 aliphatic carbocycles. The first-order valence-electron chi connectivity index (χ1n) is 10.3. The summed E-state index contributed by atoms with van der Waals surface area (Å²) in [5.41, 5.74) is 1.29. The molecule has 0 aromatic heterocycles.